The molecule has 2 atom stereocenters. The van der Waals surface area contributed by atoms with Gasteiger partial charge in [0.15, 0.2) is 0 Å². The Labute approximate surface area is 223 Å². The Balaban J connectivity index is 1.30. The lowest BCUT2D eigenvalue weighted by Crippen LogP contribution is -2.42. The highest BCUT2D eigenvalue weighted by Gasteiger charge is 2.24. The van der Waals surface area contributed by atoms with E-state index in [-0.39, 0.29) is 23.9 Å². The van der Waals surface area contributed by atoms with Crippen LogP contribution in [0.5, 0.6) is 0 Å². The van der Waals surface area contributed by atoms with Crippen LogP contribution < -0.4 is 16.0 Å². The maximum Gasteiger partial charge on any atom is 0.251 e. The summed E-state index contributed by atoms with van der Waals surface area (Å²) in [6.45, 7) is 2.68. The summed E-state index contributed by atoms with van der Waals surface area (Å²) in [5.41, 5.74) is 4.01. The van der Waals surface area contributed by atoms with Crippen molar-refractivity contribution in [3.8, 4) is 11.3 Å². The maximum absolute atomic E-state index is 12.9. The van der Waals surface area contributed by atoms with Crippen molar-refractivity contribution >= 4 is 23.5 Å². The van der Waals surface area contributed by atoms with Crippen molar-refractivity contribution < 1.29 is 9.59 Å². The number of aryl methyl sites for hydroxylation is 1. The maximum atomic E-state index is 12.9. The number of amides is 2. The largest absolute Gasteiger partial charge is 0.351 e. The molecule has 0 saturated heterocycles. The van der Waals surface area contributed by atoms with Crippen LogP contribution in [0.2, 0.25) is 0 Å². The number of benzene rings is 1. The molecule has 1 saturated carbocycles. The highest BCUT2D eigenvalue weighted by atomic mass is 16.2. The topological polar surface area (TPSA) is 112 Å². The fraction of sp³-hybridized carbons (Fsp3) is 0.345. The van der Waals surface area contributed by atoms with Gasteiger partial charge in [-0.1, -0.05) is 6.08 Å². The highest BCUT2D eigenvalue weighted by molar-refractivity contribution is 6.00. The molecule has 198 valence electrons. The second-order valence-corrected chi connectivity index (χ2v) is 9.88. The highest BCUT2D eigenvalue weighted by Crippen LogP contribution is 2.24. The number of hydrogen-bond acceptors (Lipinski definition) is 7. The number of carbonyl (C=O) groups excluding carboxylic acids is 2. The summed E-state index contributed by atoms with van der Waals surface area (Å²) in [5, 5.41) is 9.44. The summed E-state index contributed by atoms with van der Waals surface area (Å²) in [7, 11) is 3.88. The number of nitrogens with one attached hydrogen (secondary N) is 3. The third-order valence-corrected chi connectivity index (χ3v) is 6.40. The van der Waals surface area contributed by atoms with E-state index in [0.29, 0.717) is 23.7 Å². The quantitative estimate of drug-likeness (QED) is 0.370. The summed E-state index contributed by atoms with van der Waals surface area (Å²) < 4.78 is 0. The van der Waals surface area contributed by atoms with Gasteiger partial charge in [0.1, 0.15) is 0 Å². The van der Waals surface area contributed by atoms with Crippen LogP contribution in [0.3, 0.4) is 0 Å². The fourth-order valence-electron chi connectivity index (χ4n) is 4.47. The Morgan fingerprint density at radius 2 is 1.87 bits per heavy atom. The Morgan fingerprint density at radius 1 is 1.08 bits per heavy atom. The van der Waals surface area contributed by atoms with Crippen molar-refractivity contribution in [2.75, 3.05) is 31.3 Å². The minimum absolute atomic E-state index is 0.0539. The number of rotatable bonds is 9. The van der Waals surface area contributed by atoms with Crippen LogP contribution in [0.15, 0.2) is 67.1 Å². The molecule has 3 N–H and O–H groups in total. The van der Waals surface area contributed by atoms with E-state index in [9.17, 15) is 9.59 Å². The summed E-state index contributed by atoms with van der Waals surface area (Å²) >= 11 is 0. The fourth-order valence-corrected chi connectivity index (χ4v) is 4.47. The normalized spacial score (nSPS) is 17.4. The van der Waals surface area contributed by atoms with Gasteiger partial charge < -0.3 is 20.9 Å². The molecule has 2 heterocycles. The predicted octanol–water partition coefficient (Wildman–Crippen LogP) is 4.06. The minimum atomic E-state index is -0.199. The summed E-state index contributed by atoms with van der Waals surface area (Å²) in [6.07, 6.45) is 12.4. The second kappa shape index (κ2) is 12.9. The van der Waals surface area contributed by atoms with Crippen molar-refractivity contribution in [3.63, 3.8) is 0 Å². The van der Waals surface area contributed by atoms with Gasteiger partial charge in [-0.25, -0.2) is 9.97 Å². The first kappa shape index (κ1) is 26.9. The zero-order valence-corrected chi connectivity index (χ0v) is 22.1. The molecule has 9 nitrogen and oxygen atoms in total. The molecule has 9 heteroatoms. The average molecular weight is 514 g/mol. The SMILES string of the molecule is Cc1cnc(N[C@@H]2CCC[C@H](NC(=O)c3ccc(NC(=O)/C=C/CN(C)C)cc3)C2)nc1-c1cccnc1. The van der Waals surface area contributed by atoms with E-state index in [1.807, 2.05) is 44.2 Å². The van der Waals surface area contributed by atoms with Crippen molar-refractivity contribution in [3.05, 3.63) is 78.3 Å². The first-order valence-corrected chi connectivity index (χ1v) is 12.9. The van der Waals surface area contributed by atoms with E-state index in [0.717, 1.165) is 42.5 Å². The van der Waals surface area contributed by atoms with Crippen LogP contribution in [-0.4, -0.2) is 64.4 Å². The molecule has 38 heavy (non-hydrogen) atoms. The number of nitrogens with zero attached hydrogens (tertiary/aromatic N) is 4. The molecule has 4 rings (SSSR count). The molecule has 3 aromatic rings. The van der Waals surface area contributed by atoms with Crippen molar-refractivity contribution in [2.24, 2.45) is 0 Å². The monoisotopic (exact) mass is 513 g/mol. The van der Waals surface area contributed by atoms with Gasteiger partial charge in [-0.15, -0.1) is 0 Å². The average Bonchev–Trinajstić information content (AvgIpc) is 2.90. The number of aromatic nitrogens is 3. The molecular weight excluding hydrogens is 478 g/mol. The van der Waals surface area contributed by atoms with E-state index in [4.69, 9.17) is 4.98 Å². The van der Waals surface area contributed by atoms with Gasteiger partial charge in [0, 0.05) is 60.1 Å². The molecule has 0 spiro atoms. The third-order valence-electron chi connectivity index (χ3n) is 6.40. The molecule has 0 aliphatic heterocycles. The first-order valence-electron chi connectivity index (χ1n) is 12.9. The second-order valence-electron chi connectivity index (χ2n) is 9.88. The molecule has 2 aromatic heterocycles. The van der Waals surface area contributed by atoms with E-state index in [1.165, 1.54) is 6.08 Å². The lowest BCUT2D eigenvalue weighted by atomic mass is 9.91. The van der Waals surface area contributed by atoms with Crippen LogP contribution in [-0.2, 0) is 4.79 Å². The molecule has 0 radical (unpaired) electrons. The molecule has 2 amide bonds. The van der Waals surface area contributed by atoms with Gasteiger partial charge >= 0.3 is 0 Å². The molecule has 1 aliphatic rings. The zero-order chi connectivity index (χ0) is 26.9. The van der Waals surface area contributed by atoms with Crippen molar-refractivity contribution in [1.29, 1.82) is 0 Å². The molecular formula is C29H35N7O2. The van der Waals surface area contributed by atoms with Gasteiger partial charge in [-0.2, -0.15) is 0 Å². The Morgan fingerprint density at radius 3 is 2.61 bits per heavy atom. The number of likely N-dealkylation sites (N-methyl/N-ethyl adjacent to an activating group) is 1. The van der Waals surface area contributed by atoms with E-state index in [2.05, 4.69) is 25.9 Å². The Hall–Kier alpha value is -4.11. The van der Waals surface area contributed by atoms with Crippen LogP contribution >= 0.6 is 0 Å². The van der Waals surface area contributed by atoms with Gasteiger partial charge in [0.05, 0.1) is 5.69 Å². The lowest BCUT2D eigenvalue weighted by molar-refractivity contribution is -0.111. The third kappa shape index (κ3) is 7.69. The zero-order valence-electron chi connectivity index (χ0n) is 22.1. The lowest BCUT2D eigenvalue weighted by Gasteiger charge is -2.30. The van der Waals surface area contributed by atoms with Gasteiger partial charge in [0.2, 0.25) is 11.9 Å². The van der Waals surface area contributed by atoms with Gasteiger partial charge in [-0.05, 0) is 88.7 Å². The van der Waals surface area contributed by atoms with Gasteiger partial charge in [-0.3, -0.25) is 14.6 Å². The summed E-state index contributed by atoms with van der Waals surface area (Å²) in [5.74, 6) is 0.264. The number of carbonyl (C=O) groups is 2. The number of pyridine rings is 1. The predicted molar refractivity (Wildman–Crippen MR) is 150 cm³/mol. The Bertz CT molecular complexity index is 1260. The molecule has 0 bridgehead atoms. The molecule has 1 aromatic carbocycles. The van der Waals surface area contributed by atoms with E-state index in [1.54, 1.807) is 42.7 Å². The van der Waals surface area contributed by atoms with Crippen LogP contribution in [0.25, 0.3) is 11.3 Å². The van der Waals surface area contributed by atoms with Crippen LogP contribution in [0.4, 0.5) is 11.6 Å². The minimum Gasteiger partial charge on any atom is -0.351 e. The number of anilines is 2. The molecule has 0 unspecified atom stereocenters. The van der Waals surface area contributed by atoms with Crippen molar-refractivity contribution in [1.82, 2.24) is 25.2 Å². The van der Waals surface area contributed by atoms with E-state index < -0.39 is 0 Å². The molecule has 1 aliphatic carbocycles. The van der Waals surface area contributed by atoms with Gasteiger partial charge in [0.25, 0.3) is 5.91 Å². The molecule has 1 fully saturated rings. The Kier molecular flexibility index (Phi) is 9.16. The standard InChI is InChI=1S/C29H35N7O2/c1-20-18-31-29(35-27(20)22-7-5-15-30-19-22)34-25-9-4-8-24(17-25)33-28(38)21-11-13-23(14-12-21)32-26(37)10-6-16-36(2)3/h5-7,10-15,18-19,24-25H,4,8-9,16-17H2,1-3H3,(H,32,37)(H,33,38)(H,31,34,35)/b10-6+/t24-,25+/m0/s1. The first-order chi connectivity index (χ1) is 18.4. The van der Waals surface area contributed by atoms with Crippen molar-refractivity contribution in [2.45, 2.75) is 44.7 Å². The number of hydrogen-bond donors (Lipinski definition) is 3. The van der Waals surface area contributed by atoms with E-state index >= 15 is 0 Å². The summed E-state index contributed by atoms with van der Waals surface area (Å²) in [4.78, 5) is 40.3. The van der Waals surface area contributed by atoms with Crippen LogP contribution in [0, 0.1) is 6.92 Å². The smallest absolute Gasteiger partial charge is 0.251 e. The van der Waals surface area contributed by atoms with Crippen LogP contribution in [0.1, 0.15) is 41.6 Å². The summed E-state index contributed by atoms with van der Waals surface area (Å²) in [6, 6.07) is 11.0.